The van der Waals surface area contributed by atoms with E-state index in [4.69, 9.17) is 8.94 Å². The Morgan fingerprint density at radius 2 is 1.88 bits per heavy atom. The second-order valence-electron chi connectivity index (χ2n) is 8.99. The third-order valence-electron chi connectivity index (χ3n) is 6.22. The van der Waals surface area contributed by atoms with Crippen LogP contribution in [0.15, 0.2) is 61.1 Å². The van der Waals surface area contributed by atoms with Crippen molar-refractivity contribution in [3.05, 3.63) is 64.5 Å². The molecule has 1 fully saturated rings. The van der Waals surface area contributed by atoms with Crippen molar-refractivity contribution in [3.63, 3.8) is 0 Å². The van der Waals surface area contributed by atoms with E-state index in [1.165, 1.54) is 4.31 Å². The highest BCUT2D eigenvalue weighted by molar-refractivity contribution is 7.89. The molecule has 2 aromatic heterocycles. The van der Waals surface area contributed by atoms with Gasteiger partial charge in [-0.25, -0.2) is 13.2 Å². The van der Waals surface area contributed by atoms with E-state index in [1.807, 2.05) is 32.9 Å². The molecule has 4 aromatic rings. The van der Waals surface area contributed by atoms with Crippen molar-refractivity contribution in [1.82, 2.24) is 19.0 Å². The summed E-state index contributed by atoms with van der Waals surface area (Å²) in [5, 5.41) is 4.11. The van der Waals surface area contributed by atoms with Gasteiger partial charge in [-0.3, -0.25) is 4.57 Å². The zero-order valence-corrected chi connectivity index (χ0v) is 20.1. The molecule has 178 valence electrons. The van der Waals surface area contributed by atoms with E-state index in [2.05, 4.69) is 10.1 Å². The molecule has 10 heteroatoms. The molecule has 0 spiro atoms. The smallest absolute Gasteiger partial charge is 0.408 e. The van der Waals surface area contributed by atoms with Crippen LogP contribution in [-0.2, 0) is 10.0 Å². The number of aryl methyl sites for hydroxylation is 1. The van der Waals surface area contributed by atoms with Gasteiger partial charge >= 0.3 is 5.76 Å². The molecule has 5 rings (SSSR count). The molecule has 9 nitrogen and oxygen atoms in total. The van der Waals surface area contributed by atoms with E-state index < -0.39 is 15.8 Å². The number of fused-ring (bicyclic) bond motifs is 1. The van der Waals surface area contributed by atoms with Gasteiger partial charge < -0.3 is 8.94 Å². The molecule has 2 aromatic carbocycles. The summed E-state index contributed by atoms with van der Waals surface area (Å²) in [5.74, 6) is 0.169. The molecule has 0 saturated carbocycles. The Balaban J connectivity index is 1.39. The molecule has 1 saturated heterocycles. The monoisotopic (exact) mass is 482 g/mol. The van der Waals surface area contributed by atoms with Gasteiger partial charge in [-0.05, 0) is 63.9 Å². The molecule has 0 aliphatic carbocycles. The Bertz CT molecular complexity index is 1500. The van der Waals surface area contributed by atoms with Crippen LogP contribution in [0, 0.1) is 6.92 Å². The third kappa shape index (κ3) is 3.97. The highest BCUT2D eigenvalue weighted by Crippen LogP contribution is 2.31. The summed E-state index contributed by atoms with van der Waals surface area (Å²) in [4.78, 5) is 17.0. The summed E-state index contributed by atoms with van der Waals surface area (Å²) in [6.45, 7) is 6.50. The SMILES string of the molecule is Cc1ccc(S(=O)(=O)N2CCCC(c3nc(-c4ccc5c(c4)oc(=O)n5C(C)C)no3)C2)cc1. The first-order valence-electron chi connectivity index (χ1n) is 11.3. The Morgan fingerprint density at radius 3 is 2.62 bits per heavy atom. The van der Waals surface area contributed by atoms with E-state index in [0.717, 1.165) is 12.0 Å². The molecule has 1 aliphatic rings. The van der Waals surface area contributed by atoms with Crippen LogP contribution in [0.2, 0.25) is 0 Å². The minimum atomic E-state index is -3.60. The van der Waals surface area contributed by atoms with Crippen molar-refractivity contribution in [2.75, 3.05) is 13.1 Å². The Labute approximate surface area is 197 Å². The summed E-state index contributed by atoms with van der Waals surface area (Å²) < 4.78 is 40.3. The average Bonchev–Trinajstić information content (AvgIpc) is 3.43. The zero-order valence-electron chi connectivity index (χ0n) is 19.3. The number of nitrogens with zero attached hydrogens (tertiary/aromatic N) is 4. The molecule has 34 heavy (non-hydrogen) atoms. The Morgan fingerprint density at radius 1 is 1.12 bits per heavy atom. The summed E-state index contributed by atoms with van der Waals surface area (Å²) in [7, 11) is -3.60. The van der Waals surface area contributed by atoms with Gasteiger partial charge in [0.15, 0.2) is 5.58 Å². The van der Waals surface area contributed by atoms with Crippen molar-refractivity contribution >= 4 is 21.1 Å². The van der Waals surface area contributed by atoms with Gasteiger partial charge in [0.25, 0.3) is 0 Å². The predicted octanol–water partition coefficient (Wildman–Crippen LogP) is 4.10. The molecule has 0 bridgehead atoms. The van der Waals surface area contributed by atoms with Crippen molar-refractivity contribution in [3.8, 4) is 11.4 Å². The van der Waals surface area contributed by atoms with Gasteiger partial charge in [-0.15, -0.1) is 0 Å². The molecule has 0 N–H and O–H groups in total. The van der Waals surface area contributed by atoms with Gasteiger partial charge in [0.05, 0.1) is 16.3 Å². The fourth-order valence-electron chi connectivity index (χ4n) is 4.40. The molecule has 0 amide bonds. The second kappa shape index (κ2) is 8.52. The van der Waals surface area contributed by atoms with Crippen LogP contribution < -0.4 is 5.76 Å². The number of hydrogen-bond donors (Lipinski definition) is 0. The Hall–Kier alpha value is -3.24. The number of benzene rings is 2. The van der Waals surface area contributed by atoms with Crippen LogP contribution in [0.5, 0.6) is 0 Å². The summed E-state index contributed by atoms with van der Waals surface area (Å²) >= 11 is 0. The molecular weight excluding hydrogens is 456 g/mol. The molecule has 3 heterocycles. The minimum Gasteiger partial charge on any atom is -0.408 e. The standard InChI is InChI=1S/C24H26N4O5S/c1-15(2)28-20-11-8-17(13-21(20)32-24(28)29)22-25-23(33-26-22)18-5-4-12-27(14-18)34(30,31)19-9-6-16(3)7-10-19/h6-11,13,15,18H,4-5,12,14H2,1-3H3. The van der Waals surface area contributed by atoms with Gasteiger partial charge in [0.2, 0.25) is 21.7 Å². The summed E-state index contributed by atoms with van der Waals surface area (Å²) in [6.07, 6.45) is 1.46. The maximum Gasteiger partial charge on any atom is 0.420 e. The highest BCUT2D eigenvalue weighted by Gasteiger charge is 2.33. The van der Waals surface area contributed by atoms with Crippen LogP contribution in [0.4, 0.5) is 0 Å². The lowest BCUT2D eigenvalue weighted by molar-refractivity contribution is 0.265. The van der Waals surface area contributed by atoms with Gasteiger partial charge in [-0.1, -0.05) is 22.9 Å². The van der Waals surface area contributed by atoms with Crippen molar-refractivity contribution in [2.24, 2.45) is 0 Å². The first-order valence-corrected chi connectivity index (χ1v) is 12.7. The molecule has 0 radical (unpaired) electrons. The number of aromatic nitrogens is 3. The molecule has 1 unspecified atom stereocenters. The maximum atomic E-state index is 13.1. The second-order valence-corrected chi connectivity index (χ2v) is 10.9. The van der Waals surface area contributed by atoms with Gasteiger partial charge in [-0.2, -0.15) is 9.29 Å². The largest absolute Gasteiger partial charge is 0.420 e. The van der Waals surface area contributed by atoms with Gasteiger partial charge in [0.1, 0.15) is 0 Å². The molecule has 1 aliphatic heterocycles. The lowest BCUT2D eigenvalue weighted by Gasteiger charge is -2.30. The molecular formula is C24H26N4O5S. The van der Waals surface area contributed by atoms with Crippen LogP contribution in [0.3, 0.4) is 0 Å². The van der Waals surface area contributed by atoms with Crippen molar-refractivity contribution in [2.45, 2.75) is 50.5 Å². The fraction of sp³-hybridized carbons (Fsp3) is 0.375. The van der Waals surface area contributed by atoms with Crippen LogP contribution in [0.25, 0.3) is 22.5 Å². The van der Waals surface area contributed by atoms with E-state index in [-0.39, 0.29) is 23.4 Å². The summed E-state index contributed by atoms with van der Waals surface area (Å²) in [6, 6.07) is 12.2. The topological polar surface area (TPSA) is 111 Å². The fourth-order valence-corrected chi connectivity index (χ4v) is 5.93. The number of sulfonamides is 1. The Kier molecular flexibility index (Phi) is 5.65. The van der Waals surface area contributed by atoms with E-state index in [9.17, 15) is 13.2 Å². The van der Waals surface area contributed by atoms with E-state index >= 15 is 0 Å². The average molecular weight is 483 g/mol. The lowest BCUT2D eigenvalue weighted by Crippen LogP contribution is -2.39. The zero-order chi connectivity index (χ0) is 24.0. The third-order valence-corrected chi connectivity index (χ3v) is 8.10. The van der Waals surface area contributed by atoms with Gasteiger partial charge in [0, 0.05) is 24.7 Å². The predicted molar refractivity (Wildman–Crippen MR) is 126 cm³/mol. The van der Waals surface area contributed by atoms with Crippen molar-refractivity contribution in [1.29, 1.82) is 0 Å². The number of oxazole rings is 1. The normalized spacial score (nSPS) is 17.6. The van der Waals surface area contributed by atoms with Crippen LogP contribution in [0.1, 0.15) is 50.1 Å². The van der Waals surface area contributed by atoms with Crippen LogP contribution in [-0.4, -0.2) is 40.5 Å². The van der Waals surface area contributed by atoms with Crippen molar-refractivity contribution < 1.29 is 17.4 Å². The van der Waals surface area contributed by atoms with E-state index in [0.29, 0.717) is 41.3 Å². The summed E-state index contributed by atoms with van der Waals surface area (Å²) in [5.41, 5.74) is 2.83. The van der Waals surface area contributed by atoms with Crippen LogP contribution >= 0.6 is 0 Å². The number of rotatable bonds is 5. The lowest BCUT2D eigenvalue weighted by atomic mass is 10.00. The quantitative estimate of drug-likeness (QED) is 0.421. The number of hydrogen-bond acceptors (Lipinski definition) is 7. The van der Waals surface area contributed by atoms with E-state index in [1.54, 1.807) is 34.9 Å². The molecule has 1 atom stereocenters. The minimum absolute atomic E-state index is 0.0261. The highest BCUT2D eigenvalue weighted by atomic mass is 32.2. The first-order chi connectivity index (χ1) is 16.2. The number of piperidine rings is 1. The first kappa shape index (κ1) is 22.5. The maximum absolute atomic E-state index is 13.1.